The molecule has 1 aliphatic heterocycles. The minimum absolute atomic E-state index is 0.00478. The van der Waals surface area contributed by atoms with Crippen LogP contribution in [0, 0.1) is 13.8 Å². The topological polar surface area (TPSA) is 35.5 Å². The third kappa shape index (κ3) is 2.82. The molecule has 3 heteroatoms. The Morgan fingerprint density at radius 3 is 2.67 bits per heavy atom. The van der Waals surface area contributed by atoms with Crippen LogP contribution in [-0.4, -0.2) is 12.6 Å². The van der Waals surface area contributed by atoms with E-state index < -0.39 is 0 Å². The summed E-state index contributed by atoms with van der Waals surface area (Å²) in [5.41, 5.74) is 3.80. The van der Waals surface area contributed by atoms with E-state index >= 15 is 0 Å². The fourth-order valence-electron chi connectivity index (χ4n) is 2.37. The molecule has 2 aromatic rings. The SMILES string of the molecule is Cc1ccc(C(=O)C=Cc2ccc3c(c2)OCO3)c(C)c1. The highest BCUT2D eigenvalue weighted by molar-refractivity contribution is 6.07. The molecule has 0 radical (unpaired) electrons. The van der Waals surface area contributed by atoms with Crippen molar-refractivity contribution in [3.05, 3.63) is 64.7 Å². The van der Waals surface area contributed by atoms with Crippen molar-refractivity contribution in [2.24, 2.45) is 0 Å². The van der Waals surface area contributed by atoms with Gasteiger partial charge in [-0.3, -0.25) is 4.79 Å². The Balaban J connectivity index is 1.80. The van der Waals surface area contributed by atoms with Crippen LogP contribution in [0.15, 0.2) is 42.5 Å². The Labute approximate surface area is 123 Å². The molecule has 0 saturated carbocycles. The van der Waals surface area contributed by atoms with Gasteiger partial charge in [0, 0.05) is 5.56 Å². The molecule has 0 aromatic heterocycles. The van der Waals surface area contributed by atoms with Crippen molar-refractivity contribution in [1.82, 2.24) is 0 Å². The molecule has 0 bridgehead atoms. The zero-order valence-corrected chi connectivity index (χ0v) is 12.1. The predicted molar refractivity (Wildman–Crippen MR) is 81.8 cm³/mol. The van der Waals surface area contributed by atoms with Crippen molar-refractivity contribution in [2.45, 2.75) is 13.8 Å². The summed E-state index contributed by atoms with van der Waals surface area (Å²) < 4.78 is 10.6. The molecule has 3 rings (SSSR count). The highest BCUT2D eigenvalue weighted by Crippen LogP contribution is 2.32. The highest BCUT2D eigenvalue weighted by Gasteiger charge is 2.12. The van der Waals surface area contributed by atoms with Crippen molar-refractivity contribution >= 4 is 11.9 Å². The zero-order chi connectivity index (χ0) is 14.8. The Bertz CT molecular complexity index is 729. The lowest BCUT2D eigenvalue weighted by atomic mass is 10.0. The molecular weight excluding hydrogens is 264 g/mol. The monoisotopic (exact) mass is 280 g/mol. The van der Waals surface area contributed by atoms with E-state index in [2.05, 4.69) is 0 Å². The Morgan fingerprint density at radius 1 is 1.05 bits per heavy atom. The first-order valence-corrected chi connectivity index (χ1v) is 6.83. The fraction of sp³-hybridized carbons (Fsp3) is 0.167. The second-order valence-electron chi connectivity index (χ2n) is 5.13. The second-order valence-corrected chi connectivity index (χ2v) is 5.13. The summed E-state index contributed by atoms with van der Waals surface area (Å²) in [5, 5.41) is 0. The van der Waals surface area contributed by atoms with Crippen LogP contribution in [0.25, 0.3) is 6.08 Å². The second kappa shape index (κ2) is 5.44. The molecule has 0 atom stereocenters. The van der Waals surface area contributed by atoms with Crippen LogP contribution in [0.4, 0.5) is 0 Å². The lowest BCUT2D eigenvalue weighted by Gasteiger charge is -2.03. The summed E-state index contributed by atoms with van der Waals surface area (Å²) >= 11 is 0. The largest absolute Gasteiger partial charge is 0.454 e. The molecule has 1 aliphatic rings. The van der Waals surface area contributed by atoms with E-state index in [4.69, 9.17) is 9.47 Å². The maximum Gasteiger partial charge on any atom is 0.231 e. The molecule has 0 aliphatic carbocycles. The summed E-state index contributed by atoms with van der Waals surface area (Å²) in [6.07, 6.45) is 3.39. The van der Waals surface area contributed by atoms with Crippen LogP contribution in [-0.2, 0) is 0 Å². The third-order valence-corrected chi connectivity index (χ3v) is 3.47. The number of fused-ring (bicyclic) bond motifs is 1. The van der Waals surface area contributed by atoms with Crippen LogP contribution < -0.4 is 9.47 Å². The Kier molecular flexibility index (Phi) is 3.48. The smallest absolute Gasteiger partial charge is 0.231 e. The number of ether oxygens (including phenoxy) is 2. The lowest BCUT2D eigenvalue weighted by Crippen LogP contribution is -1.98. The summed E-state index contributed by atoms with van der Waals surface area (Å²) in [4.78, 5) is 12.2. The Morgan fingerprint density at radius 2 is 1.86 bits per heavy atom. The van der Waals surface area contributed by atoms with Crippen molar-refractivity contribution in [2.75, 3.05) is 6.79 Å². The van der Waals surface area contributed by atoms with Gasteiger partial charge >= 0.3 is 0 Å². The molecule has 0 unspecified atom stereocenters. The number of hydrogen-bond donors (Lipinski definition) is 0. The van der Waals surface area contributed by atoms with Crippen LogP contribution in [0.1, 0.15) is 27.0 Å². The van der Waals surface area contributed by atoms with Gasteiger partial charge in [0.2, 0.25) is 6.79 Å². The van der Waals surface area contributed by atoms with Gasteiger partial charge in [0.15, 0.2) is 17.3 Å². The van der Waals surface area contributed by atoms with Gasteiger partial charge in [-0.2, -0.15) is 0 Å². The van der Waals surface area contributed by atoms with Gasteiger partial charge in [-0.15, -0.1) is 0 Å². The number of ketones is 1. The standard InChI is InChI=1S/C18H16O3/c1-12-3-6-15(13(2)9-12)16(19)7-4-14-5-8-17-18(10-14)21-11-20-17/h3-10H,11H2,1-2H3. The number of allylic oxidation sites excluding steroid dienone is 1. The quantitative estimate of drug-likeness (QED) is 0.631. The van der Waals surface area contributed by atoms with Crippen LogP contribution in [0.3, 0.4) is 0 Å². The number of aryl methyl sites for hydroxylation is 2. The lowest BCUT2D eigenvalue weighted by molar-refractivity contribution is 0.104. The first kappa shape index (κ1) is 13.4. The molecule has 3 nitrogen and oxygen atoms in total. The van der Waals surface area contributed by atoms with E-state index in [0.29, 0.717) is 0 Å². The fourth-order valence-corrected chi connectivity index (χ4v) is 2.37. The summed E-state index contributed by atoms with van der Waals surface area (Å²) in [7, 11) is 0. The molecule has 0 fully saturated rings. The van der Waals surface area contributed by atoms with Crippen molar-refractivity contribution in [3.8, 4) is 11.5 Å². The van der Waals surface area contributed by atoms with Gasteiger partial charge in [-0.1, -0.05) is 35.9 Å². The normalized spacial score (nSPS) is 12.9. The average molecular weight is 280 g/mol. The van der Waals surface area contributed by atoms with Gasteiger partial charge in [0.1, 0.15) is 0 Å². The number of hydrogen-bond acceptors (Lipinski definition) is 3. The minimum atomic E-state index is 0.00478. The number of carbonyl (C=O) groups excluding carboxylic acids is 1. The molecule has 1 heterocycles. The van der Waals surface area contributed by atoms with Crippen molar-refractivity contribution < 1.29 is 14.3 Å². The molecule has 0 amide bonds. The van der Waals surface area contributed by atoms with E-state index in [1.54, 1.807) is 12.2 Å². The minimum Gasteiger partial charge on any atom is -0.454 e. The first-order valence-electron chi connectivity index (χ1n) is 6.83. The zero-order valence-electron chi connectivity index (χ0n) is 12.1. The van der Waals surface area contributed by atoms with E-state index in [1.165, 1.54) is 0 Å². The van der Waals surface area contributed by atoms with Gasteiger partial charge in [-0.25, -0.2) is 0 Å². The molecular formula is C18H16O3. The molecule has 0 N–H and O–H groups in total. The molecule has 2 aromatic carbocycles. The number of carbonyl (C=O) groups is 1. The van der Waals surface area contributed by atoms with E-state index in [1.807, 2.05) is 50.2 Å². The van der Waals surface area contributed by atoms with Crippen LogP contribution in [0.2, 0.25) is 0 Å². The molecule has 0 spiro atoms. The highest BCUT2D eigenvalue weighted by atomic mass is 16.7. The molecule has 0 saturated heterocycles. The van der Waals surface area contributed by atoms with E-state index in [9.17, 15) is 4.79 Å². The summed E-state index contributed by atoms with van der Waals surface area (Å²) in [5.74, 6) is 1.47. The third-order valence-electron chi connectivity index (χ3n) is 3.47. The van der Waals surface area contributed by atoms with Gasteiger partial charge in [-0.05, 0) is 43.2 Å². The van der Waals surface area contributed by atoms with Crippen LogP contribution in [0.5, 0.6) is 11.5 Å². The van der Waals surface area contributed by atoms with E-state index in [-0.39, 0.29) is 12.6 Å². The molecule has 106 valence electrons. The van der Waals surface area contributed by atoms with Gasteiger partial charge in [0.05, 0.1) is 0 Å². The van der Waals surface area contributed by atoms with Gasteiger partial charge < -0.3 is 9.47 Å². The van der Waals surface area contributed by atoms with Crippen molar-refractivity contribution in [1.29, 1.82) is 0 Å². The number of rotatable bonds is 3. The summed E-state index contributed by atoms with van der Waals surface area (Å²) in [6.45, 7) is 4.22. The first-order chi connectivity index (χ1) is 10.1. The maximum atomic E-state index is 12.2. The predicted octanol–water partition coefficient (Wildman–Crippen LogP) is 3.93. The van der Waals surface area contributed by atoms with Crippen molar-refractivity contribution in [3.63, 3.8) is 0 Å². The maximum absolute atomic E-state index is 12.2. The van der Waals surface area contributed by atoms with E-state index in [0.717, 1.165) is 33.8 Å². The van der Waals surface area contributed by atoms with Crippen LogP contribution >= 0.6 is 0 Å². The molecule has 21 heavy (non-hydrogen) atoms. The Hall–Kier alpha value is -2.55. The number of benzene rings is 2. The average Bonchev–Trinajstić information content (AvgIpc) is 2.92. The van der Waals surface area contributed by atoms with Gasteiger partial charge in [0.25, 0.3) is 0 Å². The summed E-state index contributed by atoms with van der Waals surface area (Å²) in [6, 6.07) is 11.5.